The van der Waals surface area contributed by atoms with Crippen LogP contribution in [0.4, 0.5) is 0 Å². The summed E-state index contributed by atoms with van der Waals surface area (Å²) in [5, 5.41) is 4.14. The largest absolute Gasteiger partial charge is 0.298 e. The van der Waals surface area contributed by atoms with Crippen LogP contribution < -0.4 is 5.43 Å². The molecule has 0 aromatic heterocycles. The maximum absolute atomic E-state index is 4.14. The van der Waals surface area contributed by atoms with E-state index in [1.54, 1.807) is 23.5 Å². The van der Waals surface area contributed by atoms with Crippen LogP contribution in [0.25, 0.3) is 0 Å². The van der Waals surface area contributed by atoms with Crippen LogP contribution in [0.15, 0.2) is 35.4 Å². The van der Waals surface area contributed by atoms with Crippen molar-refractivity contribution in [2.45, 2.75) is 5.75 Å². The molecule has 0 saturated carbocycles. The van der Waals surface area contributed by atoms with E-state index in [0.29, 0.717) is 0 Å². The van der Waals surface area contributed by atoms with Crippen molar-refractivity contribution in [2.24, 2.45) is 5.10 Å². The predicted octanol–water partition coefficient (Wildman–Crippen LogP) is 2.48. The van der Waals surface area contributed by atoms with Gasteiger partial charge in [0, 0.05) is 5.75 Å². The molecule has 1 aliphatic rings. The third-order valence-electron chi connectivity index (χ3n) is 1.64. The first-order chi connectivity index (χ1) is 6.45. The molecular formula is C9H10N2S2. The standard InChI is InChI=1S/C9H10N2S2/c1-2-4-8(5-3-1)6-12-9-11-10-7-13-9/h1-5,10H,6-7H2. The van der Waals surface area contributed by atoms with Crippen molar-refractivity contribution in [3.05, 3.63) is 35.9 Å². The summed E-state index contributed by atoms with van der Waals surface area (Å²) >= 11 is 3.55. The fourth-order valence-corrected chi connectivity index (χ4v) is 2.70. The molecule has 1 aliphatic heterocycles. The third-order valence-corrected chi connectivity index (χ3v) is 3.77. The van der Waals surface area contributed by atoms with Gasteiger partial charge < -0.3 is 0 Å². The minimum absolute atomic E-state index is 0.914. The lowest BCUT2D eigenvalue weighted by atomic mass is 10.2. The van der Waals surface area contributed by atoms with Crippen LogP contribution in [-0.4, -0.2) is 10.3 Å². The van der Waals surface area contributed by atoms with Gasteiger partial charge in [0.15, 0.2) is 4.38 Å². The van der Waals surface area contributed by atoms with Crippen LogP contribution in [0.2, 0.25) is 0 Å². The van der Waals surface area contributed by atoms with Crippen molar-refractivity contribution in [3.63, 3.8) is 0 Å². The molecule has 2 rings (SSSR count). The minimum Gasteiger partial charge on any atom is -0.298 e. The molecule has 2 nitrogen and oxygen atoms in total. The van der Waals surface area contributed by atoms with Gasteiger partial charge in [-0.1, -0.05) is 53.9 Å². The zero-order chi connectivity index (χ0) is 8.93. The van der Waals surface area contributed by atoms with Gasteiger partial charge in [-0.25, -0.2) is 0 Å². The maximum atomic E-state index is 4.14. The van der Waals surface area contributed by atoms with Crippen LogP contribution in [0.5, 0.6) is 0 Å². The molecule has 68 valence electrons. The summed E-state index contributed by atoms with van der Waals surface area (Å²) in [7, 11) is 0. The Morgan fingerprint density at radius 1 is 1.38 bits per heavy atom. The molecule has 0 unspecified atom stereocenters. The monoisotopic (exact) mass is 210 g/mol. The van der Waals surface area contributed by atoms with Crippen molar-refractivity contribution in [2.75, 3.05) is 5.88 Å². The average Bonchev–Trinajstić information content (AvgIpc) is 2.69. The van der Waals surface area contributed by atoms with Crippen LogP contribution in [0, 0.1) is 0 Å². The first-order valence-electron chi connectivity index (χ1n) is 4.05. The number of hydrogen-bond acceptors (Lipinski definition) is 4. The Kier molecular flexibility index (Phi) is 3.16. The highest BCUT2D eigenvalue weighted by Crippen LogP contribution is 2.23. The fourth-order valence-electron chi connectivity index (χ4n) is 1.02. The molecule has 1 aromatic carbocycles. The van der Waals surface area contributed by atoms with E-state index in [0.717, 1.165) is 16.0 Å². The summed E-state index contributed by atoms with van der Waals surface area (Å²) in [6, 6.07) is 10.5. The Balaban J connectivity index is 1.86. The van der Waals surface area contributed by atoms with Gasteiger partial charge in [-0.05, 0) is 5.56 Å². The van der Waals surface area contributed by atoms with Gasteiger partial charge in [0.2, 0.25) is 0 Å². The topological polar surface area (TPSA) is 24.4 Å². The second-order valence-corrected chi connectivity index (χ2v) is 4.79. The Labute approximate surface area is 86.2 Å². The molecule has 1 heterocycles. The number of benzene rings is 1. The van der Waals surface area contributed by atoms with Crippen LogP contribution in [0.1, 0.15) is 5.56 Å². The van der Waals surface area contributed by atoms with Crippen molar-refractivity contribution >= 4 is 27.9 Å². The number of rotatable bonds is 2. The fraction of sp³-hybridized carbons (Fsp3) is 0.222. The van der Waals surface area contributed by atoms with Crippen molar-refractivity contribution in [1.29, 1.82) is 0 Å². The molecule has 0 spiro atoms. The predicted molar refractivity (Wildman–Crippen MR) is 60.8 cm³/mol. The molecule has 0 amide bonds. The normalized spacial score (nSPS) is 15.2. The summed E-state index contributed by atoms with van der Waals surface area (Å²) in [4.78, 5) is 0. The second kappa shape index (κ2) is 4.58. The Morgan fingerprint density at radius 3 is 2.92 bits per heavy atom. The summed E-state index contributed by atoms with van der Waals surface area (Å²) in [5.41, 5.74) is 4.29. The molecule has 1 aromatic rings. The van der Waals surface area contributed by atoms with Crippen molar-refractivity contribution in [3.8, 4) is 0 Å². The third kappa shape index (κ3) is 2.67. The molecule has 1 N–H and O–H groups in total. The van der Waals surface area contributed by atoms with E-state index in [1.807, 2.05) is 6.07 Å². The van der Waals surface area contributed by atoms with Crippen LogP contribution in [0.3, 0.4) is 0 Å². The van der Waals surface area contributed by atoms with Gasteiger partial charge in [0.25, 0.3) is 0 Å². The van der Waals surface area contributed by atoms with Gasteiger partial charge in [-0.2, -0.15) is 5.10 Å². The smallest absolute Gasteiger partial charge is 0.152 e. The molecule has 0 atom stereocenters. The summed E-state index contributed by atoms with van der Waals surface area (Å²) in [6.07, 6.45) is 0. The van der Waals surface area contributed by atoms with E-state index in [9.17, 15) is 0 Å². The Bertz CT molecular complexity index is 298. The summed E-state index contributed by atoms with van der Waals surface area (Å²) in [6.45, 7) is 0. The van der Waals surface area contributed by atoms with Gasteiger partial charge in [0.05, 0.1) is 5.88 Å². The lowest BCUT2D eigenvalue weighted by Crippen LogP contribution is -1.93. The van der Waals surface area contributed by atoms with Crippen molar-refractivity contribution in [1.82, 2.24) is 5.43 Å². The molecule has 0 fully saturated rings. The minimum atomic E-state index is 0.914. The quantitative estimate of drug-likeness (QED) is 0.811. The number of nitrogens with one attached hydrogen (secondary N) is 1. The summed E-state index contributed by atoms with van der Waals surface area (Å²) < 4.78 is 1.14. The SMILES string of the molecule is c1ccc(CSC2=NNCS2)cc1. The Hall–Kier alpha value is -0.610. The maximum Gasteiger partial charge on any atom is 0.152 e. The zero-order valence-corrected chi connectivity index (χ0v) is 8.70. The van der Waals surface area contributed by atoms with Gasteiger partial charge in [0.1, 0.15) is 0 Å². The first-order valence-corrected chi connectivity index (χ1v) is 6.02. The molecule has 0 radical (unpaired) electrons. The van der Waals surface area contributed by atoms with E-state index in [1.165, 1.54) is 5.56 Å². The number of hydrazone groups is 1. The van der Waals surface area contributed by atoms with Gasteiger partial charge in [-0.3, -0.25) is 5.43 Å². The number of nitrogens with zero attached hydrogens (tertiary/aromatic N) is 1. The average molecular weight is 210 g/mol. The van der Waals surface area contributed by atoms with E-state index in [2.05, 4.69) is 34.8 Å². The second-order valence-electron chi connectivity index (χ2n) is 2.60. The van der Waals surface area contributed by atoms with Crippen LogP contribution in [-0.2, 0) is 5.75 Å². The first kappa shape index (κ1) is 8.97. The molecular weight excluding hydrogens is 200 g/mol. The highest BCUT2D eigenvalue weighted by atomic mass is 32.2. The van der Waals surface area contributed by atoms with Crippen LogP contribution >= 0.6 is 23.5 Å². The van der Waals surface area contributed by atoms with E-state index in [4.69, 9.17) is 0 Å². The van der Waals surface area contributed by atoms with E-state index >= 15 is 0 Å². The highest BCUT2D eigenvalue weighted by Gasteiger charge is 2.06. The number of hydrogen-bond donors (Lipinski definition) is 1. The zero-order valence-electron chi connectivity index (χ0n) is 7.06. The number of thioether (sulfide) groups is 2. The molecule has 13 heavy (non-hydrogen) atoms. The van der Waals surface area contributed by atoms with E-state index < -0.39 is 0 Å². The Morgan fingerprint density at radius 2 is 2.23 bits per heavy atom. The van der Waals surface area contributed by atoms with Gasteiger partial charge in [-0.15, -0.1) is 0 Å². The lowest BCUT2D eigenvalue weighted by Gasteiger charge is -1.98. The highest BCUT2D eigenvalue weighted by molar-refractivity contribution is 8.38. The molecule has 4 heteroatoms. The summed E-state index contributed by atoms with van der Waals surface area (Å²) in [5.74, 6) is 1.92. The van der Waals surface area contributed by atoms with E-state index in [-0.39, 0.29) is 0 Å². The molecule has 0 aliphatic carbocycles. The molecule has 0 saturated heterocycles. The van der Waals surface area contributed by atoms with Crippen molar-refractivity contribution < 1.29 is 0 Å². The lowest BCUT2D eigenvalue weighted by molar-refractivity contribution is 0.895. The van der Waals surface area contributed by atoms with Gasteiger partial charge >= 0.3 is 0 Å². The molecule has 0 bridgehead atoms.